The summed E-state index contributed by atoms with van der Waals surface area (Å²) in [6.45, 7) is 3.54. The summed E-state index contributed by atoms with van der Waals surface area (Å²) >= 11 is 5.99. The lowest BCUT2D eigenvalue weighted by Crippen LogP contribution is -2.45. The van der Waals surface area contributed by atoms with E-state index in [1.54, 1.807) is 0 Å². The summed E-state index contributed by atoms with van der Waals surface area (Å²) in [7, 11) is -1.82. The van der Waals surface area contributed by atoms with Gasteiger partial charge in [0.05, 0.1) is 16.3 Å². The Labute approximate surface area is 181 Å². The molecule has 1 fully saturated rings. The van der Waals surface area contributed by atoms with Crippen LogP contribution in [0.25, 0.3) is 11.1 Å². The number of hydrogen-bond acceptors (Lipinski definition) is 4. The fraction of sp³-hybridized carbons (Fsp3) is 0.381. The van der Waals surface area contributed by atoms with Gasteiger partial charge in [-0.05, 0) is 62.5 Å². The largest absolute Gasteiger partial charge is 0.306 e. The number of halogens is 2. The molecule has 2 N–H and O–H groups in total. The van der Waals surface area contributed by atoms with E-state index in [2.05, 4.69) is 15.2 Å². The molecule has 9 heteroatoms. The van der Waals surface area contributed by atoms with Crippen molar-refractivity contribution >= 4 is 27.5 Å². The zero-order valence-corrected chi connectivity index (χ0v) is 18.5. The quantitative estimate of drug-likeness (QED) is 0.657. The highest BCUT2D eigenvalue weighted by Gasteiger charge is 2.25. The predicted octanol–water partition coefficient (Wildman–Crippen LogP) is 3.36. The second-order valence-corrected chi connectivity index (χ2v) is 9.97. The van der Waals surface area contributed by atoms with Crippen LogP contribution in [0.1, 0.15) is 28.8 Å². The Bertz CT molecular complexity index is 1050. The van der Waals surface area contributed by atoms with Gasteiger partial charge >= 0.3 is 0 Å². The molecule has 1 amide bonds. The van der Waals surface area contributed by atoms with Crippen LogP contribution < -0.4 is 10.3 Å². The number of nitrogens with zero attached hydrogens (tertiary/aromatic N) is 1. The lowest BCUT2D eigenvalue weighted by Gasteiger charge is -2.29. The van der Waals surface area contributed by atoms with E-state index in [0.29, 0.717) is 12.1 Å². The van der Waals surface area contributed by atoms with Crippen LogP contribution in [-0.4, -0.2) is 45.1 Å². The molecule has 0 bridgehead atoms. The number of aryl methyl sites for hydroxylation is 1. The number of carbonyl (C=O) groups excluding carboxylic acids is 1. The monoisotopic (exact) mass is 453 g/mol. The van der Waals surface area contributed by atoms with Crippen LogP contribution in [0, 0.1) is 18.7 Å². The normalized spacial score (nSPS) is 17.7. The molecule has 1 atom stereocenters. The molecule has 1 heterocycles. The number of hydrogen-bond donors (Lipinski definition) is 2. The van der Waals surface area contributed by atoms with Crippen molar-refractivity contribution in [3.63, 3.8) is 0 Å². The zero-order valence-electron chi connectivity index (χ0n) is 16.9. The Balaban J connectivity index is 1.73. The zero-order chi connectivity index (χ0) is 21.9. The summed E-state index contributed by atoms with van der Waals surface area (Å²) in [6.07, 6.45) is 1.74. The van der Waals surface area contributed by atoms with Crippen molar-refractivity contribution in [2.45, 2.75) is 19.8 Å². The first-order valence-electron chi connectivity index (χ1n) is 9.69. The Kier molecular flexibility index (Phi) is 7.13. The maximum absolute atomic E-state index is 14.5. The number of piperidine rings is 1. The summed E-state index contributed by atoms with van der Waals surface area (Å²) in [6, 6.07) is 10.3. The molecular weight excluding hydrogens is 429 g/mol. The maximum atomic E-state index is 14.5. The van der Waals surface area contributed by atoms with Gasteiger partial charge in [0.25, 0.3) is 5.91 Å². The number of nitrogens with one attached hydrogen (secondary N) is 2. The fourth-order valence-electron chi connectivity index (χ4n) is 3.70. The molecule has 0 saturated carbocycles. The van der Waals surface area contributed by atoms with Gasteiger partial charge < -0.3 is 4.90 Å². The average molecular weight is 454 g/mol. The molecule has 0 radical (unpaired) electrons. The number of rotatable bonds is 6. The highest BCUT2D eigenvalue weighted by atomic mass is 35.5. The number of benzene rings is 2. The van der Waals surface area contributed by atoms with Crippen molar-refractivity contribution in [1.29, 1.82) is 0 Å². The molecule has 2 aromatic rings. The molecule has 0 spiro atoms. The Hall–Kier alpha value is -2.00. The fourth-order valence-corrected chi connectivity index (χ4v) is 5.14. The van der Waals surface area contributed by atoms with Crippen LogP contribution >= 0.6 is 11.6 Å². The van der Waals surface area contributed by atoms with Gasteiger partial charge in [0, 0.05) is 6.54 Å². The van der Waals surface area contributed by atoms with Crippen molar-refractivity contribution in [2.75, 3.05) is 25.9 Å². The number of hydrazine groups is 1. The average Bonchev–Trinajstić information content (AvgIpc) is 2.68. The number of carbonyl (C=O) groups is 1. The highest BCUT2D eigenvalue weighted by Crippen LogP contribution is 2.28. The Morgan fingerprint density at radius 3 is 2.73 bits per heavy atom. The van der Waals surface area contributed by atoms with Gasteiger partial charge in [-0.25, -0.2) is 12.8 Å². The third-order valence-electron chi connectivity index (χ3n) is 5.12. The molecule has 6 nitrogen and oxygen atoms in total. The van der Waals surface area contributed by atoms with E-state index in [-0.39, 0.29) is 22.3 Å². The third-order valence-corrected chi connectivity index (χ3v) is 6.72. The van der Waals surface area contributed by atoms with E-state index in [4.69, 9.17) is 11.6 Å². The molecule has 0 aliphatic carbocycles. The number of sulfonamides is 1. The smallest absolute Gasteiger partial charge is 0.269 e. The summed E-state index contributed by atoms with van der Waals surface area (Å²) in [5.74, 6) is -1.94. The van der Waals surface area contributed by atoms with Crippen LogP contribution in [0.3, 0.4) is 0 Å². The van der Waals surface area contributed by atoms with E-state index in [9.17, 15) is 17.6 Å². The van der Waals surface area contributed by atoms with Crippen LogP contribution in [0.4, 0.5) is 4.39 Å². The van der Waals surface area contributed by atoms with Crippen LogP contribution in [0.2, 0.25) is 5.02 Å². The standard InChI is InChI=1S/C21H25ClFN3O3S/c1-14-5-3-7-16(9-14)17-10-18(20(23)19(22)11-17)21(27)24-25-30(28,29)13-15-6-4-8-26(2)12-15/h3,5,7,9-11,15,25H,4,6,8,12-13H2,1-2H3,(H,24,27). The van der Waals surface area contributed by atoms with Crippen LogP contribution in [-0.2, 0) is 10.0 Å². The molecule has 3 rings (SSSR count). The van der Waals surface area contributed by atoms with Crippen LogP contribution in [0.5, 0.6) is 0 Å². The summed E-state index contributed by atoms with van der Waals surface area (Å²) < 4.78 is 39.2. The minimum absolute atomic E-state index is 0.0195. The predicted molar refractivity (Wildman–Crippen MR) is 116 cm³/mol. The second kappa shape index (κ2) is 9.43. The molecule has 0 aromatic heterocycles. The molecule has 1 aliphatic heterocycles. The van der Waals surface area contributed by atoms with Crippen LogP contribution in [0.15, 0.2) is 36.4 Å². The van der Waals surface area contributed by atoms with Gasteiger partial charge in [0.1, 0.15) is 0 Å². The summed E-state index contributed by atoms with van der Waals surface area (Å²) in [5.41, 5.74) is 4.10. The topological polar surface area (TPSA) is 78.5 Å². The molecule has 162 valence electrons. The van der Waals surface area contributed by atoms with Gasteiger partial charge in [-0.1, -0.05) is 41.4 Å². The van der Waals surface area contributed by atoms with E-state index in [1.807, 2.05) is 38.2 Å². The van der Waals surface area contributed by atoms with Crippen molar-refractivity contribution in [1.82, 2.24) is 15.2 Å². The lowest BCUT2D eigenvalue weighted by molar-refractivity contribution is 0.0941. The first-order valence-corrected chi connectivity index (χ1v) is 11.7. The molecule has 2 aromatic carbocycles. The second-order valence-electron chi connectivity index (χ2n) is 7.80. The minimum Gasteiger partial charge on any atom is -0.306 e. The van der Waals surface area contributed by atoms with Crippen molar-refractivity contribution in [3.05, 3.63) is 58.4 Å². The van der Waals surface area contributed by atoms with Crippen molar-refractivity contribution in [3.8, 4) is 11.1 Å². The van der Waals surface area contributed by atoms with E-state index in [0.717, 1.165) is 30.5 Å². The molecule has 30 heavy (non-hydrogen) atoms. The molecule has 1 unspecified atom stereocenters. The van der Waals surface area contributed by atoms with Crippen molar-refractivity contribution in [2.24, 2.45) is 5.92 Å². The number of likely N-dealkylation sites (tertiary alicyclic amines) is 1. The Morgan fingerprint density at radius 1 is 1.27 bits per heavy atom. The number of amides is 1. The molecule has 1 saturated heterocycles. The van der Waals surface area contributed by atoms with E-state index < -0.39 is 21.7 Å². The van der Waals surface area contributed by atoms with Gasteiger partial charge in [0.2, 0.25) is 10.0 Å². The molecular formula is C21H25ClFN3O3S. The van der Waals surface area contributed by atoms with E-state index in [1.165, 1.54) is 12.1 Å². The third kappa shape index (κ3) is 5.78. The van der Waals surface area contributed by atoms with Gasteiger partial charge in [0.15, 0.2) is 5.82 Å². The first-order chi connectivity index (χ1) is 14.1. The van der Waals surface area contributed by atoms with Crippen molar-refractivity contribution < 1.29 is 17.6 Å². The molecule has 1 aliphatic rings. The lowest BCUT2D eigenvalue weighted by atomic mass is 10.0. The SMILES string of the molecule is Cc1cccc(-c2cc(Cl)c(F)c(C(=O)NNS(=O)(=O)CC3CCCN(C)C3)c2)c1. The Morgan fingerprint density at radius 2 is 2.03 bits per heavy atom. The first kappa shape index (κ1) is 22.7. The summed E-state index contributed by atoms with van der Waals surface area (Å²) in [5, 5.41) is -0.216. The van der Waals surface area contributed by atoms with Gasteiger partial charge in [-0.2, -0.15) is 0 Å². The van der Waals surface area contributed by atoms with E-state index >= 15 is 0 Å². The van der Waals surface area contributed by atoms with Gasteiger partial charge in [-0.3, -0.25) is 10.2 Å². The minimum atomic E-state index is -3.76. The van der Waals surface area contributed by atoms with Gasteiger partial charge in [-0.15, -0.1) is 4.83 Å². The summed E-state index contributed by atoms with van der Waals surface area (Å²) in [4.78, 5) is 16.7. The maximum Gasteiger partial charge on any atom is 0.269 e. The highest BCUT2D eigenvalue weighted by molar-refractivity contribution is 7.89.